The molecule has 0 aliphatic carbocycles. The van der Waals surface area contributed by atoms with Gasteiger partial charge in [0.05, 0.1) is 5.69 Å². The summed E-state index contributed by atoms with van der Waals surface area (Å²) in [6, 6.07) is 6.07. The van der Waals surface area contributed by atoms with Gasteiger partial charge < -0.3 is 10.2 Å². The number of halogens is 1. The van der Waals surface area contributed by atoms with Gasteiger partial charge in [0.2, 0.25) is 0 Å². The fourth-order valence-electron chi connectivity index (χ4n) is 3.03. The molecule has 20 heavy (non-hydrogen) atoms. The highest BCUT2D eigenvalue weighted by molar-refractivity contribution is 5.57. The zero-order chi connectivity index (χ0) is 14.4. The zero-order valence-electron chi connectivity index (χ0n) is 12.8. The van der Waals surface area contributed by atoms with Gasteiger partial charge in [0, 0.05) is 24.8 Å². The van der Waals surface area contributed by atoms with Crippen molar-refractivity contribution in [3.63, 3.8) is 0 Å². The minimum absolute atomic E-state index is 0.0938. The Morgan fingerprint density at radius 3 is 2.35 bits per heavy atom. The second-order valence-electron chi connectivity index (χ2n) is 5.78. The maximum atomic E-state index is 14.2. The minimum atomic E-state index is -0.0938. The van der Waals surface area contributed by atoms with Gasteiger partial charge in [-0.05, 0) is 43.9 Å². The average molecular weight is 278 g/mol. The van der Waals surface area contributed by atoms with Crippen LogP contribution in [0.4, 0.5) is 15.8 Å². The molecule has 112 valence electrons. The van der Waals surface area contributed by atoms with Crippen LogP contribution >= 0.6 is 0 Å². The third-order valence-electron chi connectivity index (χ3n) is 4.04. The highest BCUT2D eigenvalue weighted by Crippen LogP contribution is 2.26. The maximum Gasteiger partial charge on any atom is 0.148 e. The van der Waals surface area contributed by atoms with E-state index in [1.165, 1.54) is 12.8 Å². The molecular formula is C17H27FN2. The molecular weight excluding hydrogens is 251 g/mol. The predicted molar refractivity (Wildman–Crippen MR) is 85.1 cm³/mol. The van der Waals surface area contributed by atoms with Gasteiger partial charge in [0.1, 0.15) is 5.82 Å². The summed E-state index contributed by atoms with van der Waals surface area (Å²) < 4.78 is 14.2. The van der Waals surface area contributed by atoms with Crippen LogP contribution in [0.5, 0.6) is 0 Å². The molecule has 0 atom stereocenters. The molecule has 0 radical (unpaired) electrons. The van der Waals surface area contributed by atoms with E-state index in [9.17, 15) is 4.39 Å². The molecule has 1 saturated heterocycles. The first-order valence-corrected chi connectivity index (χ1v) is 8.05. The highest BCUT2D eigenvalue weighted by Gasteiger charge is 2.16. The smallest absolute Gasteiger partial charge is 0.148 e. The van der Waals surface area contributed by atoms with Crippen LogP contribution in [0.15, 0.2) is 18.2 Å². The molecule has 2 rings (SSSR count). The average Bonchev–Trinajstić information content (AvgIpc) is 2.93. The highest BCUT2D eigenvalue weighted by atomic mass is 19.1. The molecule has 1 aromatic carbocycles. The van der Waals surface area contributed by atoms with E-state index in [0.29, 0.717) is 6.04 Å². The Bertz CT molecular complexity index is 407. The van der Waals surface area contributed by atoms with Crippen molar-refractivity contribution >= 4 is 11.4 Å². The van der Waals surface area contributed by atoms with Crippen molar-refractivity contribution in [1.29, 1.82) is 0 Å². The standard InChI is InChI=1S/C17H27FN2/c1-3-7-14(8-4-2)19-15-9-10-17(16(18)13-15)20-11-5-6-12-20/h9-10,13-14,19H,3-8,11-12H2,1-2H3. The first-order valence-electron chi connectivity index (χ1n) is 8.05. The molecule has 0 bridgehead atoms. The van der Waals surface area contributed by atoms with Crippen LogP contribution in [-0.4, -0.2) is 19.1 Å². The van der Waals surface area contributed by atoms with Gasteiger partial charge in [-0.15, -0.1) is 0 Å². The van der Waals surface area contributed by atoms with E-state index in [2.05, 4.69) is 24.1 Å². The van der Waals surface area contributed by atoms with Crippen molar-refractivity contribution in [2.45, 2.75) is 58.4 Å². The van der Waals surface area contributed by atoms with E-state index in [1.54, 1.807) is 6.07 Å². The number of anilines is 2. The van der Waals surface area contributed by atoms with Gasteiger partial charge in [0.15, 0.2) is 0 Å². The molecule has 1 aromatic rings. The number of nitrogens with one attached hydrogen (secondary N) is 1. The van der Waals surface area contributed by atoms with Crippen LogP contribution in [0.1, 0.15) is 52.4 Å². The third-order valence-corrected chi connectivity index (χ3v) is 4.04. The lowest BCUT2D eigenvalue weighted by atomic mass is 10.1. The molecule has 1 fully saturated rings. The number of hydrogen-bond donors (Lipinski definition) is 1. The molecule has 0 aromatic heterocycles. The van der Waals surface area contributed by atoms with Crippen molar-refractivity contribution < 1.29 is 4.39 Å². The Kier molecular flexibility index (Phi) is 5.69. The summed E-state index contributed by atoms with van der Waals surface area (Å²) in [4.78, 5) is 2.15. The summed E-state index contributed by atoms with van der Waals surface area (Å²) in [7, 11) is 0. The number of rotatable bonds is 7. The van der Waals surface area contributed by atoms with E-state index in [-0.39, 0.29) is 5.82 Å². The molecule has 3 heteroatoms. The molecule has 0 saturated carbocycles. The van der Waals surface area contributed by atoms with E-state index in [4.69, 9.17) is 0 Å². The molecule has 1 N–H and O–H groups in total. The lowest BCUT2D eigenvalue weighted by molar-refractivity contribution is 0.584. The van der Waals surface area contributed by atoms with Crippen LogP contribution in [0.25, 0.3) is 0 Å². The van der Waals surface area contributed by atoms with Crippen molar-refractivity contribution in [1.82, 2.24) is 0 Å². The molecule has 2 nitrogen and oxygen atoms in total. The normalized spacial score (nSPS) is 15.1. The van der Waals surface area contributed by atoms with Gasteiger partial charge in [0.25, 0.3) is 0 Å². The summed E-state index contributed by atoms with van der Waals surface area (Å²) in [6.45, 7) is 6.36. The zero-order valence-corrected chi connectivity index (χ0v) is 12.8. The predicted octanol–water partition coefficient (Wildman–Crippen LogP) is 4.81. The second kappa shape index (κ2) is 7.51. The van der Waals surface area contributed by atoms with E-state index >= 15 is 0 Å². The third kappa shape index (κ3) is 3.87. The van der Waals surface area contributed by atoms with Gasteiger partial charge in [-0.25, -0.2) is 4.39 Å². The number of nitrogens with zero attached hydrogens (tertiary/aromatic N) is 1. The summed E-state index contributed by atoms with van der Waals surface area (Å²) >= 11 is 0. The van der Waals surface area contributed by atoms with Crippen LogP contribution in [0, 0.1) is 5.82 Å². The summed E-state index contributed by atoms with van der Waals surface area (Å²) in [5.74, 6) is -0.0938. The molecule has 1 aliphatic heterocycles. The summed E-state index contributed by atoms with van der Waals surface area (Å²) in [5.41, 5.74) is 1.67. The Balaban J connectivity index is 2.03. The van der Waals surface area contributed by atoms with Crippen LogP contribution in [0.3, 0.4) is 0 Å². The minimum Gasteiger partial charge on any atom is -0.382 e. The molecule has 1 aliphatic rings. The van der Waals surface area contributed by atoms with Crippen LogP contribution < -0.4 is 10.2 Å². The Morgan fingerprint density at radius 2 is 1.80 bits per heavy atom. The van der Waals surface area contributed by atoms with Gasteiger partial charge in [-0.1, -0.05) is 26.7 Å². The Labute approximate surface area is 122 Å². The second-order valence-corrected chi connectivity index (χ2v) is 5.78. The van der Waals surface area contributed by atoms with E-state index in [0.717, 1.165) is 50.1 Å². The lowest BCUT2D eigenvalue weighted by Gasteiger charge is -2.21. The first kappa shape index (κ1) is 15.1. The Morgan fingerprint density at radius 1 is 1.15 bits per heavy atom. The van der Waals surface area contributed by atoms with Gasteiger partial charge >= 0.3 is 0 Å². The maximum absolute atomic E-state index is 14.2. The number of hydrogen-bond acceptors (Lipinski definition) is 2. The van der Waals surface area contributed by atoms with E-state index < -0.39 is 0 Å². The Hall–Kier alpha value is -1.25. The monoisotopic (exact) mass is 278 g/mol. The molecule has 0 unspecified atom stereocenters. The first-order chi connectivity index (χ1) is 9.74. The van der Waals surface area contributed by atoms with Crippen molar-refractivity contribution in [3.8, 4) is 0 Å². The lowest BCUT2D eigenvalue weighted by Crippen LogP contribution is -2.21. The van der Waals surface area contributed by atoms with Crippen LogP contribution in [-0.2, 0) is 0 Å². The molecule has 0 spiro atoms. The summed E-state index contributed by atoms with van der Waals surface area (Å²) in [6.07, 6.45) is 6.95. The topological polar surface area (TPSA) is 15.3 Å². The van der Waals surface area contributed by atoms with Crippen molar-refractivity contribution in [3.05, 3.63) is 24.0 Å². The molecule has 1 heterocycles. The SMILES string of the molecule is CCCC(CCC)Nc1ccc(N2CCCC2)c(F)c1. The van der Waals surface area contributed by atoms with E-state index in [1.807, 2.05) is 12.1 Å². The number of benzene rings is 1. The van der Waals surface area contributed by atoms with Gasteiger partial charge in [-0.3, -0.25) is 0 Å². The van der Waals surface area contributed by atoms with Gasteiger partial charge in [-0.2, -0.15) is 0 Å². The fraction of sp³-hybridized carbons (Fsp3) is 0.647. The quantitative estimate of drug-likeness (QED) is 0.770. The van der Waals surface area contributed by atoms with Crippen molar-refractivity contribution in [2.24, 2.45) is 0 Å². The van der Waals surface area contributed by atoms with Crippen molar-refractivity contribution in [2.75, 3.05) is 23.3 Å². The van der Waals surface area contributed by atoms with Crippen LogP contribution in [0.2, 0.25) is 0 Å². The largest absolute Gasteiger partial charge is 0.382 e. The molecule has 0 amide bonds. The fourth-order valence-corrected chi connectivity index (χ4v) is 3.03. The summed E-state index contributed by atoms with van der Waals surface area (Å²) in [5, 5.41) is 3.48.